The highest BCUT2D eigenvalue weighted by Gasteiger charge is 2.20. The van der Waals surface area contributed by atoms with Crippen LogP contribution in [0.3, 0.4) is 0 Å². The van der Waals surface area contributed by atoms with Gasteiger partial charge in [0.05, 0.1) is 29.5 Å². The topological polar surface area (TPSA) is 153 Å². The summed E-state index contributed by atoms with van der Waals surface area (Å²) in [5.41, 5.74) is 1.50. The number of nitrogens with one attached hydrogen (secondary N) is 1. The van der Waals surface area contributed by atoms with E-state index < -0.39 is 16.4 Å². The van der Waals surface area contributed by atoms with Crippen LogP contribution in [0.1, 0.15) is 27.2 Å². The Morgan fingerprint density at radius 1 is 1.28 bits per heavy atom. The van der Waals surface area contributed by atoms with Gasteiger partial charge >= 0.3 is 0 Å². The summed E-state index contributed by atoms with van der Waals surface area (Å²) in [7, 11) is 1.49. The Bertz CT molecular complexity index is 1320. The third kappa shape index (κ3) is 4.34. The van der Waals surface area contributed by atoms with Crippen molar-refractivity contribution in [1.29, 1.82) is 5.26 Å². The van der Waals surface area contributed by atoms with Gasteiger partial charge in [-0.15, -0.1) is 0 Å². The molecule has 3 aromatic rings. The zero-order valence-corrected chi connectivity index (χ0v) is 17.0. The molecule has 1 heterocycles. The minimum absolute atomic E-state index is 0.0839. The van der Waals surface area contributed by atoms with Crippen molar-refractivity contribution in [3.05, 3.63) is 91.4 Å². The van der Waals surface area contributed by atoms with E-state index in [0.717, 1.165) is 10.9 Å². The van der Waals surface area contributed by atoms with Gasteiger partial charge in [-0.25, -0.2) is 5.43 Å². The van der Waals surface area contributed by atoms with Crippen molar-refractivity contribution in [3.8, 4) is 17.5 Å². The molecule has 0 unspecified atom stereocenters. The molecule has 3 rings (SSSR count). The number of ether oxygens (including phenoxy) is 1. The van der Waals surface area contributed by atoms with Crippen LogP contribution in [0.2, 0.25) is 0 Å². The van der Waals surface area contributed by atoms with Crippen LogP contribution in [0.25, 0.3) is 5.69 Å². The van der Waals surface area contributed by atoms with Crippen molar-refractivity contribution in [2.75, 3.05) is 7.11 Å². The molecule has 1 amide bonds. The maximum atomic E-state index is 12.7. The molecule has 1 N–H and O–H groups in total. The molecule has 0 spiro atoms. The molecule has 0 fully saturated rings. The second kappa shape index (κ2) is 9.31. The number of carbonyl (C=O) groups is 1. The fraction of sp³-hybridized carbons (Fsp3) is 0.0952. The first-order valence-corrected chi connectivity index (χ1v) is 9.12. The normalized spacial score (nSPS) is 10.5. The summed E-state index contributed by atoms with van der Waals surface area (Å²) in [6.45, 7) is 1.42. The molecule has 1 aromatic heterocycles. The van der Waals surface area contributed by atoms with Crippen molar-refractivity contribution in [1.82, 2.24) is 15.2 Å². The number of nitriles is 1. The summed E-state index contributed by atoms with van der Waals surface area (Å²) >= 11 is 0. The molecule has 0 aliphatic rings. The van der Waals surface area contributed by atoms with Crippen LogP contribution in [0.4, 0.5) is 5.69 Å². The van der Waals surface area contributed by atoms with Gasteiger partial charge in [-0.3, -0.25) is 19.7 Å². The Morgan fingerprint density at radius 2 is 1.97 bits per heavy atom. The molecular formula is C21H16N6O5. The predicted molar refractivity (Wildman–Crippen MR) is 114 cm³/mol. The molecule has 0 bridgehead atoms. The molecule has 0 aliphatic carbocycles. The number of nitro groups is 1. The van der Waals surface area contributed by atoms with Gasteiger partial charge in [0.25, 0.3) is 17.2 Å². The highest BCUT2D eigenvalue weighted by molar-refractivity contribution is 5.95. The van der Waals surface area contributed by atoms with E-state index in [-0.39, 0.29) is 28.1 Å². The van der Waals surface area contributed by atoms with Gasteiger partial charge in [-0.1, -0.05) is 12.1 Å². The molecule has 160 valence electrons. The third-order valence-corrected chi connectivity index (χ3v) is 4.48. The Kier molecular flexibility index (Phi) is 6.36. The number of aromatic nitrogens is 2. The second-order valence-electron chi connectivity index (χ2n) is 6.39. The predicted octanol–water partition coefficient (Wildman–Crippen LogP) is 2.09. The van der Waals surface area contributed by atoms with E-state index >= 15 is 0 Å². The minimum atomic E-state index is -0.795. The molecule has 2 aromatic carbocycles. The SMILES string of the molecule is COc1ccc(-n2nc(C(=O)N/N=C/c3ccccc3[N+](=O)[O-])c(C)c(C#N)c2=O)cc1. The number of hydrazone groups is 1. The number of carbonyl (C=O) groups excluding carboxylic acids is 1. The van der Waals surface area contributed by atoms with Crippen LogP contribution < -0.4 is 15.7 Å². The van der Waals surface area contributed by atoms with Crippen LogP contribution >= 0.6 is 0 Å². The van der Waals surface area contributed by atoms with E-state index in [0.29, 0.717) is 11.4 Å². The highest BCUT2D eigenvalue weighted by atomic mass is 16.6. The fourth-order valence-electron chi connectivity index (χ4n) is 2.83. The number of nitrogens with zero attached hydrogens (tertiary/aromatic N) is 5. The van der Waals surface area contributed by atoms with E-state index in [2.05, 4.69) is 15.6 Å². The minimum Gasteiger partial charge on any atom is -0.497 e. The lowest BCUT2D eigenvalue weighted by molar-refractivity contribution is -0.385. The molecule has 11 heteroatoms. The van der Waals surface area contributed by atoms with Crippen molar-refractivity contribution >= 4 is 17.8 Å². The van der Waals surface area contributed by atoms with Gasteiger partial charge < -0.3 is 4.74 Å². The van der Waals surface area contributed by atoms with Crippen LogP contribution in [0, 0.1) is 28.4 Å². The molecule has 11 nitrogen and oxygen atoms in total. The summed E-state index contributed by atoms with van der Waals surface area (Å²) in [4.78, 5) is 35.8. The standard InChI is InChI=1S/C21H16N6O5/c1-13-17(11-22)21(29)26(15-7-9-16(32-2)10-8-15)25-19(13)20(28)24-23-12-14-5-3-4-6-18(14)27(30)31/h3-10,12H,1-2H3,(H,24,28)/b23-12+. The lowest BCUT2D eigenvalue weighted by Gasteiger charge is -2.11. The van der Waals surface area contributed by atoms with E-state index in [1.807, 2.05) is 0 Å². The molecular weight excluding hydrogens is 416 g/mol. The maximum Gasteiger partial charge on any atom is 0.292 e. The Labute approximate surface area is 181 Å². The maximum absolute atomic E-state index is 12.7. The summed E-state index contributed by atoms with van der Waals surface area (Å²) in [6.07, 6.45) is 1.12. The van der Waals surface area contributed by atoms with Crippen molar-refractivity contribution in [3.63, 3.8) is 0 Å². The summed E-state index contributed by atoms with van der Waals surface area (Å²) in [5.74, 6) is -0.243. The van der Waals surface area contributed by atoms with E-state index in [1.54, 1.807) is 36.4 Å². The average Bonchev–Trinajstić information content (AvgIpc) is 2.80. The zero-order valence-electron chi connectivity index (χ0n) is 17.0. The first-order chi connectivity index (χ1) is 15.4. The number of methoxy groups -OCH3 is 1. The first-order valence-electron chi connectivity index (χ1n) is 9.12. The monoisotopic (exact) mass is 432 g/mol. The van der Waals surface area contributed by atoms with E-state index in [9.17, 15) is 25.0 Å². The summed E-state index contributed by atoms with van der Waals surface area (Å²) in [5, 5.41) is 28.4. The Balaban J connectivity index is 1.96. The number of hydrogen-bond donors (Lipinski definition) is 1. The molecule has 0 atom stereocenters. The second-order valence-corrected chi connectivity index (χ2v) is 6.39. The van der Waals surface area contributed by atoms with Gasteiger partial charge in [-0.05, 0) is 37.3 Å². The van der Waals surface area contributed by atoms with Crippen LogP contribution in [0.5, 0.6) is 5.75 Å². The fourth-order valence-corrected chi connectivity index (χ4v) is 2.83. The lowest BCUT2D eigenvalue weighted by Crippen LogP contribution is -2.31. The van der Waals surface area contributed by atoms with Gasteiger partial charge in [0, 0.05) is 11.6 Å². The van der Waals surface area contributed by atoms with Gasteiger partial charge in [-0.2, -0.15) is 20.1 Å². The highest BCUT2D eigenvalue weighted by Crippen LogP contribution is 2.16. The molecule has 0 radical (unpaired) electrons. The molecule has 0 saturated heterocycles. The summed E-state index contributed by atoms with van der Waals surface area (Å²) in [6, 6.07) is 14.0. The number of benzene rings is 2. The number of para-hydroxylation sites is 1. The van der Waals surface area contributed by atoms with Gasteiger partial charge in [0.1, 0.15) is 17.4 Å². The third-order valence-electron chi connectivity index (χ3n) is 4.48. The van der Waals surface area contributed by atoms with Crippen LogP contribution in [-0.2, 0) is 0 Å². The first kappa shape index (κ1) is 21.8. The number of amides is 1. The average molecular weight is 432 g/mol. The van der Waals surface area contributed by atoms with Gasteiger partial charge in [0.15, 0.2) is 5.69 Å². The molecule has 32 heavy (non-hydrogen) atoms. The van der Waals surface area contributed by atoms with Crippen molar-refractivity contribution in [2.45, 2.75) is 6.92 Å². The smallest absolute Gasteiger partial charge is 0.292 e. The van der Waals surface area contributed by atoms with E-state index in [4.69, 9.17) is 4.74 Å². The van der Waals surface area contributed by atoms with Crippen molar-refractivity contribution in [2.24, 2.45) is 5.10 Å². The molecule has 0 saturated carbocycles. The number of nitro benzene ring substituents is 1. The Hall–Kier alpha value is -4.85. The summed E-state index contributed by atoms with van der Waals surface area (Å²) < 4.78 is 6.02. The number of rotatable bonds is 6. The lowest BCUT2D eigenvalue weighted by atomic mass is 10.1. The quantitative estimate of drug-likeness (QED) is 0.355. The Morgan fingerprint density at radius 3 is 2.59 bits per heavy atom. The number of hydrogen-bond acceptors (Lipinski definition) is 8. The van der Waals surface area contributed by atoms with Crippen LogP contribution in [-0.4, -0.2) is 33.9 Å². The van der Waals surface area contributed by atoms with Crippen LogP contribution in [0.15, 0.2) is 58.4 Å². The molecule has 0 aliphatic heterocycles. The van der Waals surface area contributed by atoms with E-state index in [1.165, 1.54) is 32.2 Å². The van der Waals surface area contributed by atoms with Crippen molar-refractivity contribution < 1.29 is 14.5 Å². The van der Waals surface area contributed by atoms with Gasteiger partial charge in [0.2, 0.25) is 0 Å². The largest absolute Gasteiger partial charge is 0.497 e. The zero-order chi connectivity index (χ0) is 23.3.